The van der Waals surface area contributed by atoms with Gasteiger partial charge in [-0.1, -0.05) is 30.3 Å². The molecular formula is C21H21N3O3S. The lowest BCUT2D eigenvalue weighted by Crippen LogP contribution is -2.28. The van der Waals surface area contributed by atoms with Gasteiger partial charge >= 0.3 is 0 Å². The SMILES string of the molecule is COc1ccc(C(=O)Nc2nc(CC(=O)N[C@@H](C)c3ccccc3)cs2)cc1. The molecule has 7 heteroatoms. The molecule has 0 aliphatic carbocycles. The molecule has 144 valence electrons. The maximum Gasteiger partial charge on any atom is 0.257 e. The third-order valence-corrected chi connectivity index (χ3v) is 4.95. The highest BCUT2D eigenvalue weighted by atomic mass is 32.1. The van der Waals surface area contributed by atoms with E-state index >= 15 is 0 Å². The molecule has 28 heavy (non-hydrogen) atoms. The molecule has 1 heterocycles. The van der Waals surface area contributed by atoms with Crippen molar-refractivity contribution in [2.45, 2.75) is 19.4 Å². The lowest BCUT2D eigenvalue weighted by molar-refractivity contribution is -0.121. The Hall–Kier alpha value is -3.19. The minimum atomic E-state index is -0.259. The van der Waals surface area contributed by atoms with Crippen molar-refractivity contribution in [2.24, 2.45) is 0 Å². The van der Waals surface area contributed by atoms with Crippen molar-refractivity contribution < 1.29 is 14.3 Å². The van der Waals surface area contributed by atoms with E-state index in [1.54, 1.807) is 36.8 Å². The van der Waals surface area contributed by atoms with Crippen LogP contribution in [-0.4, -0.2) is 23.9 Å². The Labute approximate surface area is 167 Å². The number of thiazole rings is 1. The fourth-order valence-electron chi connectivity index (χ4n) is 2.64. The Balaban J connectivity index is 1.54. The van der Waals surface area contributed by atoms with Crippen LogP contribution in [0.25, 0.3) is 0 Å². The molecule has 0 unspecified atom stereocenters. The van der Waals surface area contributed by atoms with Gasteiger partial charge in [-0.25, -0.2) is 4.98 Å². The summed E-state index contributed by atoms with van der Waals surface area (Å²) in [6, 6.07) is 16.5. The second-order valence-electron chi connectivity index (χ2n) is 6.20. The van der Waals surface area contributed by atoms with Gasteiger partial charge in [0.25, 0.3) is 5.91 Å². The van der Waals surface area contributed by atoms with Crippen LogP contribution in [0.4, 0.5) is 5.13 Å². The molecule has 6 nitrogen and oxygen atoms in total. The number of anilines is 1. The van der Waals surface area contributed by atoms with Crippen molar-refractivity contribution in [1.82, 2.24) is 10.3 Å². The molecule has 0 spiro atoms. The minimum absolute atomic E-state index is 0.0819. The summed E-state index contributed by atoms with van der Waals surface area (Å²) in [5.41, 5.74) is 2.17. The average Bonchev–Trinajstić information content (AvgIpc) is 3.15. The summed E-state index contributed by atoms with van der Waals surface area (Å²) >= 11 is 1.29. The lowest BCUT2D eigenvalue weighted by atomic mass is 10.1. The summed E-state index contributed by atoms with van der Waals surface area (Å²) in [7, 11) is 1.57. The zero-order chi connectivity index (χ0) is 19.9. The molecular weight excluding hydrogens is 374 g/mol. The Morgan fingerprint density at radius 2 is 1.82 bits per heavy atom. The number of aromatic nitrogens is 1. The standard InChI is InChI=1S/C21H21N3O3S/c1-14(15-6-4-3-5-7-15)22-19(25)12-17-13-28-21(23-17)24-20(26)16-8-10-18(27-2)11-9-16/h3-11,13-14H,12H2,1-2H3,(H,22,25)(H,23,24,26)/t14-/m0/s1. The molecule has 3 aromatic rings. The monoisotopic (exact) mass is 395 g/mol. The topological polar surface area (TPSA) is 80.3 Å². The maximum absolute atomic E-state index is 12.3. The number of hydrogen-bond donors (Lipinski definition) is 2. The van der Waals surface area contributed by atoms with Crippen LogP contribution in [0, 0.1) is 0 Å². The molecule has 2 amide bonds. The molecule has 0 bridgehead atoms. The van der Waals surface area contributed by atoms with E-state index in [-0.39, 0.29) is 24.3 Å². The summed E-state index contributed by atoms with van der Waals surface area (Å²) in [6.07, 6.45) is 0.159. The van der Waals surface area contributed by atoms with Crippen molar-refractivity contribution in [3.63, 3.8) is 0 Å². The average molecular weight is 395 g/mol. The van der Waals surface area contributed by atoms with E-state index < -0.39 is 0 Å². The summed E-state index contributed by atoms with van der Waals surface area (Å²) < 4.78 is 5.08. The van der Waals surface area contributed by atoms with Crippen LogP contribution >= 0.6 is 11.3 Å². The van der Waals surface area contributed by atoms with E-state index in [1.807, 2.05) is 37.3 Å². The maximum atomic E-state index is 12.3. The second-order valence-corrected chi connectivity index (χ2v) is 7.06. The fraction of sp³-hybridized carbons (Fsp3) is 0.190. The lowest BCUT2D eigenvalue weighted by Gasteiger charge is -2.13. The first-order valence-corrected chi connectivity index (χ1v) is 9.67. The summed E-state index contributed by atoms with van der Waals surface area (Å²) in [5.74, 6) is 0.309. The molecule has 0 saturated heterocycles. The molecule has 2 aromatic carbocycles. The Bertz CT molecular complexity index is 939. The highest BCUT2D eigenvalue weighted by Gasteiger charge is 2.13. The van der Waals surface area contributed by atoms with Gasteiger partial charge in [0.05, 0.1) is 25.3 Å². The number of nitrogens with zero attached hydrogens (tertiary/aromatic N) is 1. The third kappa shape index (κ3) is 5.17. The number of amides is 2. The summed E-state index contributed by atoms with van der Waals surface area (Å²) in [5, 5.41) is 7.94. The predicted molar refractivity (Wildman–Crippen MR) is 110 cm³/mol. The van der Waals surface area contributed by atoms with Gasteiger partial charge < -0.3 is 10.1 Å². The van der Waals surface area contributed by atoms with Crippen LogP contribution in [0.1, 0.15) is 34.6 Å². The quantitative estimate of drug-likeness (QED) is 0.637. The van der Waals surface area contributed by atoms with Gasteiger partial charge in [-0.3, -0.25) is 14.9 Å². The molecule has 0 radical (unpaired) electrons. The highest BCUT2D eigenvalue weighted by Crippen LogP contribution is 2.19. The van der Waals surface area contributed by atoms with Gasteiger partial charge in [-0.15, -0.1) is 11.3 Å². The number of carbonyl (C=O) groups is 2. The molecule has 2 N–H and O–H groups in total. The van der Waals surface area contributed by atoms with Crippen LogP contribution in [0.3, 0.4) is 0 Å². The Morgan fingerprint density at radius 1 is 1.11 bits per heavy atom. The van der Waals surface area contributed by atoms with Crippen LogP contribution in [0.15, 0.2) is 60.0 Å². The van der Waals surface area contributed by atoms with E-state index in [9.17, 15) is 9.59 Å². The van der Waals surface area contributed by atoms with Crippen molar-refractivity contribution in [2.75, 3.05) is 12.4 Å². The number of methoxy groups -OCH3 is 1. The normalized spacial score (nSPS) is 11.5. The van der Waals surface area contributed by atoms with E-state index in [0.29, 0.717) is 22.1 Å². The van der Waals surface area contributed by atoms with E-state index in [4.69, 9.17) is 4.74 Å². The number of nitrogens with one attached hydrogen (secondary N) is 2. The smallest absolute Gasteiger partial charge is 0.257 e. The minimum Gasteiger partial charge on any atom is -0.497 e. The van der Waals surface area contributed by atoms with E-state index in [2.05, 4.69) is 15.6 Å². The van der Waals surface area contributed by atoms with Gasteiger partial charge in [-0.2, -0.15) is 0 Å². The van der Waals surface area contributed by atoms with Crippen molar-refractivity contribution in [3.05, 3.63) is 76.8 Å². The van der Waals surface area contributed by atoms with Crippen molar-refractivity contribution in [1.29, 1.82) is 0 Å². The van der Waals surface area contributed by atoms with E-state index in [1.165, 1.54) is 11.3 Å². The fourth-order valence-corrected chi connectivity index (χ4v) is 3.34. The predicted octanol–water partition coefficient (Wildman–Crippen LogP) is 3.82. The molecule has 1 atom stereocenters. The molecule has 3 rings (SSSR count). The van der Waals surface area contributed by atoms with Crippen LogP contribution in [0.5, 0.6) is 5.75 Å². The largest absolute Gasteiger partial charge is 0.497 e. The van der Waals surface area contributed by atoms with Crippen LogP contribution in [0.2, 0.25) is 0 Å². The highest BCUT2D eigenvalue weighted by molar-refractivity contribution is 7.14. The van der Waals surface area contributed by atoms with Crippen LogP contribution < -0.4 is 15.4 Å². The summed E-state index contributed by atoms with van der Waals surface area (Å²) in [6.45, 7) is 1.94. The first-order chi connectivity index (χ1) is 13.5. The van der Waals surface area contributed by atoms with Gasteiger partial charge in [0.15, 0.2) is 5.13 Å². The molecule has 0 aliphatic rings. The number of hydrogen-bond acceptors (Lipinski definition) is 5. The Morgan fingerprint density at radius 3 is 2.50 bits per heavy atom. The Kier molecular flexibility index (Phi) is 6.39. The third-order valence-electron chi connectivity index (χ3n) is 4.14. The van der Waals surface area contributed by atoms with Crippen molar-refractivity contribution >= 4 is 28.3 Å². The first-order valence-electron chi connectivity index (χ1n) is 8.79. The number of rotatable bonds is 7. The number of ether oxygens (including phenoxy) is 1. The van der Waals surface area contributed by atoms with Gasteiger partial charge in [0, 0.05) is 10.9 Å². The van der Waals surface area contributed by atoms with Gasteiger partial charge in [0.2, 0.25) is 5.91 Å². The van der Waals surface area contributed by atoms with E-state index in [0.717, 1.165) is 5.56 Å². The molecule has 0 fully saturated rings. The zero-order valence-electron chi connectivity index (χ0n) is 15.6. The summed E-state index contributed by atoms with van der Waals surface area (Å²) in [4.78, 5) is 28.9. The van der Waals surface area contributed by atoms with Crippen LogP contribution in [-0.2, 0) is 11.2 Å². The molecule has 1 aromatic heterocycles. The van der Waals surface area contributed by atoms with Crippen molar-refractivity contribution in [3.8, 4) is 5.75 Å². The van der Waals surface area contributed by atoms with Gasteiger partial charge in [0.1, 0.15) is 5.75 Å². The van der Waals surface area contributed by atoms with Gasteiger partial charge in [-0.05, 0) is 36.8 Å². The molecule has 0 aliphatic heterocycles. The first kappa shape index (κ1) is 19.6. The molecule has 0 saturated carbocycles. The number of benzene rings is 2. The second kappa shape index (κ2) is 9.14. The zero-order valence-corrected chi connectivity index (χ0v) is 16.5. The number of carbonyl (C=O) groups excluding carboxylic acids is 2.